The molecule has 1 unspecified atom stereocenters. The van der Waals surface area contributed by atoms with Crippen molar-refractivity contribution in [2.75, 3.05) is 0 Å². The number of benzene rings is 1. The minimum absolute atomic E-state index is 0.624. The average Bonchev–Trinajstić information content (AvgIpc) is 2.32. The Morgan fingerprint density at radius 3 is 2.59 bits per heavy atom. The van der Waals surface area contributed by atoms with Gasteiger partial charge in [0, 0.05) is 21.9 Å². The lowest BCUT2D eigenvalue weighted by Gasteiger charge is -2.14. The van der Waals surface area contributed by atoms with Crippen LogP contribution in [-0.4, -0.2) is 10.1 Å². The predicted octanol–water partition coefficient (Wildman–Crippen LogP) is 3.54. The Kier molecular flexibility index (Phi) is 3.60. The Balaban J connectivity index is 2.39. The quantitative estimate of drug-likeness (QED) is 0.918. The highest BCUT2D eigenvalue weighted by atomic mass is 79.9. The van der Waals surface area contributed by atoms with Crippen LogP contribution in [0.1, 0.15) is 28.5 Å². The fraction of sp³-hybridized carbons (Fsp3) is 0.214. The summed E-state index contributed by atoms with van der Waals surface area (Å²) < 4.78 is 0.970. The van der Waals surface area contributed by atoms with Gasteiger partial charge in [-0.25, -0.2) is 0 Å². The molecule has 17 heavy (non-hydrogen) atoms. The fourth-order valence-electron chi connectivity index (χ4n) is 1.73. The molecule has 1 atom stereocenters. The van der Waals surface area contributed by atoms with Crippen LogP contribution in [0.2, 0.25) is 0 Å². The molecule has 0 radical (unpaired) electrons. The van der Waals surface area contributed by atoms with Gasteiger partial charge in [-0.15, -0.1) is 0 Å². The van der Waals surface area contributed by atoms with Gasteiger partial charge >= 0.3 is 0 Å². The standard InChI is InChI=1S/C14H14BrNO/c1-9-3-6-12(15)7-13(9)14(17)11-5-4-10(2)16-8-11/h3-8,14,17H,1-2H3. The molecular weight excluding hydrogens is 278 g/mol. The topological polar surface area (TPSA) is 33.1 Å². The van der Waals surface area contributed by atoms with E-state index in [1.165, 1.54) is 0 Å². The summed E-state index contributed by atoms with van der Waals surface area (Å²) in [7, 11) is 0. The van der Waals surface area contributed by atoms with E-state index in [1.807, 2.05) is 44.2 Å². The highest BCUT2D eigenvalue weighted by molar-refractivity contribution is 9.10. The zero-order chi connectivity index (χ0) is 12.4. The van der Waals surface area contributed by atoms with E-state index in [0.29, 0.717) is 0 Å². The number of aliphatic hydroxyl groups excluding tert-OH is 1. The number of aromatic nitrogens is 1. The van der Waals surface area contributed by atoms with Crippen molar-refractivity contribution >= 4 is 15.9 Å². The zero-order valence-electron chi connectivity index (χ0n) is 9.81. The van der Waals surface area contributed by atoms with Gasteiger partial charge in [-0.05, 0) is 43.2 Å². The maximum absolute atomic E-state index is 10.3. The molecule has 2 aromatic rings. The molecule has 1 N–H and O–H groups in total. The molecule has 0 aliphatic carbocycles. The van der Waals surface area contributed by atoms with Crippen molar-refractivity contribution in [3.63, 3.8) is 0 Å². The minimum Gasteiger partial charge on any atom is -0.384 e. The van der Waals surface area contributed by atoms with Crippen molar-refractivity contribution in [2.45, 2.75) is 20.0 Å². The normalized spacial score (nSPS) is 12.5. The van der Waals surface area contributed by atoms with E-state index >= 15 is 0 Å². The van der Waals surface area contributed by atoms with E-state index in [0.717, 1.165) is 26.9 Å². The number of pyridine rings is 1. The van der Waals surface area contributed by atoms with E-state index in [1.54, 1.807) is 6.20 Å². The summed E-state index contributed by atoms with van der Waals surface area (Å²) in [6.45, 7) is 3.92. The Morgan fingerprint density at radius 2 is 1.94 bits per heavy atom. The lowest BCUT2D eigenvalue weighted by molar-refractivity contribution is 0.219. The Morgan fingerprint density at radius 1 is 1.18 bits per heavy atom. The molecular formula is C14H14BrNO. The first kappa shape index (κ1) is 12.3. The van der Waals surface area contributed by atoms with E-state index < -0.39 is 6.10 Å². The number of rotatable bonds is 2. The molecule has 1 aromatic carbocycles. The summed E-state index contributed by atoms with van der Waals surface area (Å²) in [4.78, 5) is 4.21. The van der Waals surface area contributed by atoms with Gasteiger partial charge in [0.05, 0.1) is 0 Å². The summed E-state index contributed by atoms with van der Waals surface area (Å²) in [5.74, 6) is 0. The second-order valence-electron chi connectivity index (χ2n) is 4.14. The Labute approximate surface area is 109 Å². The van der Waals surface area contributed by atoms with Crippen molar-refractivity contribution in [3.8, 4) is 0 Å². The Hall–Kier alpha value is -1.19. The molecule has 0 aliphatic heterocycles. The smallest absolute Gasteiger partial charge is 0.106 e. The van der Waals surface area contributed by atoms with Gasteiger partial charge in [-0.3, -0.25) is 4.98 Å². The molecule has 88 valence electrons. The van der Waals surface area contributed by atoms with Gasteiger partial charge in [0.25, 0.3) is 0 Å². The molecule has 1 heterocycles. The van der Waals surface area contributed by atoms with Crippen molar-refractivity contribution in [3.05, 3.63) is 63.4 Å². The molecule has 0 bridgehead atoms. The van der Waals surface area contributed by atoms with Gasteiger partial charge in [-0.2, -0.15) is 0 Å². The second kappa shape index (κ2) is 4.98. The van der Waals surface area contributed by atoms with Gasteiger partial charge in [0.2, 0.25) is 0 Å². The van der Waals surface area contributed by atoms with Crippen LogP contribution in [0.15, 0.2) is 41.0 Å². The maximum atomic E-state index is 10.3. The van der Waals surface area contributed by atoms with Crippen LogP contribution in [0.25, 0.3) is 0 Å². The molecule has 0 saturated carbocycles. The maximum Gasteiger partial charge on any atom is 0.106 e. The lowest BCUT2D eigenvalue weighted by Crippen LogP contribution is -2.02. The van der Waals surface area contributed by atoms with E-state index in [-0.39, 0.29) is 0 Å². The summed E-state index contributed by atoms with van der Waals surface area (Å²) in [6, 6.07) is 9.72. The first-order chi connectivity index (χ1) is 8.08. The number of aliphatic hydroxyl groups is 1. The van der Waals surface area contributed by atoms with Crippen LogP contribution in [0.3, 0.4) is 0 Å². The van der Waals surface area contributed by atoms with Crippen molar-refractivity contribution in [1.29, 1.82) is 0 Å². The Bertz CT molecular complexity index is 522. The summed E-state index contributed by atoms with van der Waals surface area (Å²) in [6.07, 6.45) is 1.10. The van der Waals surface area contributed by atoms with E-state index in [4.69, 9.17) is 0 Å². The lowest BCUT2D eigenvalue weighted by atomic mass is 9.99. The van der Waals surface area contributed by atoms with Crippen LogP contribution in [0, 0.1) is 13.8 Å². The minimum atomic E-state index is -0.624. The fourth-order valence-corrected chi connectivity index (χ4v) is 2.11. The second-order valence-corrected chi connectivity index (χ2v) is 5.05. The number of nitrogens with zero attached hydrogens (tertiary/aromatic N) is 1. The van der Waals surface area contributed by atoms with Gasteiger partial charge < -0.3 is 5.11 Å². The van der Waals surface area contributed by atoms with Crippen molar-refractivity contribution in [2.24, 2.45) is 0 Å². The van der Waals surface area contributed by atoms with Crippen LogP contribution in [-0.2, 0) is 0 Å². The monoisotopic (exact) mass is 291 g/mol. The summed E-state index contributed by atoms with van der Waals surface area (Å²) in [5.41, 5.74) is 3.75. The number of hydrogen-bond acceptors (Lipinski definition) is 2. The predicted molar refractivity (Wildman–Crippen MR) is 71.9 cm³/mol. The van der Waals surface area contributed by atoms with Crippen molar-refractivity contribution in [1.82, 2.24) is 4.98 Å². The SMILES string of the molecule is Cc1ccc(C(O)c2cc(Br)ccc2C)cn1. The van der Waals surface area contributed by atoms with Crippen molar-refractivity contribution < 1.29 is 5.11 Å². The van der Waals surface area contributed by atoms with E-state index in [9.17, 15) is 5.11 Å². The van der Waals surface area contributed by atoms with Gasteiger partial charge in [-0.1, -0.05) is 28.1 Å². The number of hydrogen-bond donors (Lipinski definition) is 1. The van der Waals surface area contributed by atoms with Crippen LogP contribution in [0.5, 0.6) is 0 Å². The van der Waals surface area contributed by atoms with Crippen LogP contribution < -0.4 is 0 Å². The molecule has 2 rings (SSSR count). The van der Waals surface area contributed by atoms with Crippen LogP contribution >= 0.6 is 15.9 Å². The summed E-state index contributed by atoms with van der Waals surface area (Å²) >= 11 is 3.42. The number of aryl methyl sites for hydroxylation is 2. The molecule has 0 saturated heterocycles. The van der Waals surface area contributed by atoms with Crippen LogP contribution in [0.4, 0.5) is 0 Å². The summed E-state index contributed by atoms with van der Waals surface area (Å²) in [5, 5.41) is 10.3. The third-order valence-corrected chi connectivity index (χ3v) is 3.28. The van der Waals surface area contributed by atoms with Gasteiger partial charge in [0.1, 0.15) is 6.10 Å². The number of halogens is 1. The molecule has 0 fully saturated rings. The third-order valence-electron chi connectivity index (χ3n) is 2.79. The highest BCUT2D eigenvalue weighted by Gasteiger charge is 2.13. The molecule has 2 nitrogen and oxygen atoms in total. The largest absolute Gasteiger partial charge is 0.384 e. The molecule has 0 amide bonds. The first-order valence-electron chi connectivity index (χ1n) is 5.44. The van der Waals surface area contributed by atoms with E-state index in [2.05, 4.69) is 20.9 Å². The first-order valence-corrected chi connectivity index (χ1v) is 6.24. The third kappa shape index (κ3) is 2.73. The molecule has 0 aliphatic rings. The van der Waals surface area contributed by atoms with Gasteiger partial charge in [0.15, 0.2) is 0 Å². The molecule has 0 spiro atoms. The zero-order valence-corrected chi connectivity index (χ0v) is 11.4. The highest BCUT2D eigenvalue weighted by Crippen LogP contribution is 2.27. The molecule has 3 heteroatoms. The average molecular weight is 292 g/mol. The molecule has 1 aromatic heterocycles.